The molecular weight excluding hydrogens is 192 g/mol. The second kappa shape index (κ2) is 4.49. The van der Waals surface area contributed by atoms with Crippen molar-refractivity contribution < 1.29 is 9.90 Å². The van der Waals surface area contributed by atoms with Gasteiger partial charge in [-0.3, -0.25) is 4.79 Å². The molecule has 1 rings (SSSR count). The van der Waals surface area contributed by atoms with Gasteiger partial charge in [-0.15, -0.1) is 0 Å². The van der Waals surface area contributed by atoms with Crippen molar-refractivity contribution in [1.29, 1.82) is 0 Å². The van der Waals surface area contributed by atoms with Gasteiger partial charge >= 0.3 is 0 Å². The number of rotatable bonds is 6. The number of aliphatic hydroxyl groups excluding tert-OH is 1. The Labute approximate surface area is 91.2 Å². The lowest BCUT2D eigenvalue weighted by atomic mass is 10.0. The van der Waals surface area contributed by atoms with Gasteiger partial charge in [0, 0.05) is 25.1 Å². The minimum atomic E-state index is -0.447. The summed E-state index contributed by atoms with van der Waals surface area (Å²) in [6, 6.07) is 0. The van der Waals surface area contributed by atoms with Crippen molar-refractivity contribution >= 4 is 5.91 Å². The second-order valence-electron chi connectivity index (χ2n) is 5.42. The van der Waals surface area contributed by atoms with Crippen LogP contribution in [0.1, 0.15) is 39.5 Å². The average molecular weight is 214 g/mol. The fourth-order valence-corrected chi connectivity index (χ4v) is 1.69. The molecule has 88 valence electrons. The first-order valence-corrected chi connectivity index (χ1v) is 5.53. The average Bonchev–Trinajstić information content (AvgIpc) is 2.80. The molecule has 0 aliphatic heterocycles. The van der Waals surface area contributed by atoms with Gasteiger partial charge < -0.3 is 16.2 Å². The Kier molecular flexibility index (Phi) is 3.73. The van der Waals surface area contributed by atoms with Crippen LogP contribution in [-0.2, 0) is 4.79 Å². The van der Waals surface area contributed by atoms with Crippen LogP contribution in [0.4, 0.5) is 0 Å². The molecule has 0 saturated heterocycles. The van der Waals surface area contributed by atoms with Crippen LogP contribution in [0.25, 0.3) is 0 Å². The monoisotopic (exact) mass is 214 g/mol. The van der Waals surface area contributed by atoms with Gasteiger partial charge in [-0.1, -0.05) is 0 Å². The number of carbonyl (C=O) groups excluding carboxylic acids is 1. The summed E-state index contributed by atoms with van der Waals surface area (Å²) in [5, 5.41) is 11.8. The molecule has 4 nitrogen and oxygen atoms in total. The van der Waals surface area contributed by atoms with E-state index < -0.39 is 5.54 Å². The van der Waals surface area contributed by atoms with Gasteiger partial charge in [0.1, 0.15) is 0 Å². The molecule has 0 aromatic heterocycles. The molecule has 1 amide bonds. The summed E-state index contributed by atoms with van der Waals surface area (Å²) in [7, 11) is 0. The van der Waals surface area contributed by atoms with Gasteiger partial charge in [0.25, 0.3) is 0 Å². The highest BCUT2D eigenvalue weighted by Crippen LogP contribution is 2.47. The third-order valence-corrected chi connectivity index (χ3v) is 2.88. The Bertz CT molecular complexity index is 229. The Morgan fingerprint density at radius 2 is 2.13 bits per heavy atom. The molecule has 1 aliphatic rings. The highest BCUT2D eigenvalue weighted by atomic mass is 16.3. The van der Waals surface area contributed by atoms with E-state index in [0.29, 0.717) is 13.0 Å². The zero-order valence-corrected chi connectivity index (χ0v) is 9.68. The lowest BCUT2D eigenvalue weighted by Crippen LogP contribution is -2.40. The van der Waals surface area contributed by atoms with Crippen molar-refractivity contribution in [1.82, 2.24) is 5.32 Å². The molecule has 0 unspecified atom stereocenters. The largest absolute Gasteiger partial charge is 0.396 e. The van der Waals surface area contributed by atoms with Crippen LogP contribution in [-0.4, -0.2) is 29.7 Å². The van der Waals surface area contributed by atoms with E-state index in [9.17, 15) is 4.79 Å². The van der Waals surface area contributed by atoms with Crippen LogP contribution in [0.2, 0.25) is 0 Å². The van der Waals surface area contributed by atoms with Gasteiger partial charge in [-0.05, 0) is 38.5 Å². The molecule has 4 N–H and O–H groups in total. The molecule has 0 radical (unpaired) electrons. The van der Waals surface area contributed by atoms with Gasteiger partial charge in [-0.2, -0.15) is 0 Å². The number of hydrogen-bond acceptors (Lipinski definition) is 3. The van der Waals surface area contributed by atoms with E-state index in [2.05, 4.69) is 5.32 Å². The Hall–Kier alpha value is -0.610. The van der Waals surface area contributed by atoms with E-state index in [-0.39, 0.29) is 17.9 Å². The Morgan fingerprint density at radius 1 is 1.53 bits per heavy atom. The molecule has 0 bridgehead atoms. The van der Waals surface area contributed by atoms with Crippen LogP contribution in [0.5, 0.6) is 0 Å². The Balaban J connectivity index is 2.23. The van der Waals surface area contributed by atoms with E-state index in [1.54, 1.807) is 0 Å². The van der Waals surface area contributed by atoms with Crippen LogP contribution in [0.15, 0.2) is 0 Å². The van der Waals surface area contributed by atoms with Gasteiger partial charge in [0.2, 0.25) is 5.91 Å². The first-order chi connectivity index (χ1) is 6.87. The molecular formula is C11H22N2O2. The summed E-state index contributed by atoms with van der Waals surface area (Å²) in [6.07, 6.45) is 3.36. The molecule has 0 spiro atoms. The second-order valence-corrected chi connectivity index (χ2v) is 5.42. The van der Waals surface area contributed by atoms with Gasteiger partial charge in [-0.25, -0.2) is 0 Å². The third-order valence-electron chi connectivity index (χ3n) is 2.88. The summed E-state index contributed by atoms with van der Waals surface area (Å²) < 4.78 is 0. The quantitative estimate of drug-likeness (QED) is 0.599. The highest BCUT2D eigenvalue weighted by molar-refractivity contribution is 5.77. The lowest BCUT2D eigenvalue weighted by molar-refractivity contribution is -0.122. The smallest absolute Gasteiger partial charge is 0.221 e. The zero-order chi connectivity index (χ0) is 11.5. The summed E-state index contributed by atoms with van der Waals surface area (Å²) in [5.74, 6) is 0.00622. The predicted molar refractivity (Wildman–Crippen MR) is 59.3 cm³/mol. The van der Waals surface area contributed by atoms with Crippen molar-refractivity contribution in [2.75, 3.05) is 13.2 Å². The molecule has 4 heteroatoms. The van der Waals surface area contributed by atoms with Crippen LogP contribution in [0, 0.1) is 5.41 Å². The highest BCUT2D eigenvalue weighted by Gasteiger charge is 2.41. The third kappa shape index (κ3) is 4.62. The summed E-state index contributed by atoms with van der Waals surface area (Å²) >= 11 is 0. The van der Waals surface area contributed by atoms with E-state index in [4.69, 9.17) is 10.8 Å². The minimum absolute atomic E-state index is 0.00622. The van der Waals surface area contributed by atoms with E-state index in [0.717, 1.165) is 19.3 Å². The van der Waals surface area contributed by atoms with Crippen molar-refractivity contribution in [3.05, 3.63) is 0 Å². The van der Waals surface area contributed by atoms with Crippen LogP contribution >= 0.6 is 0 Å². The van der Waals surface area contributed by atoms with Crippen molar-refractivity contribution in [2.24, 2.45) is 11.1 Å². The van der Waals surface area contributed by atoms with Crippen molar-refractivity contribution in [3.63, 3.8) is 0 Å². The fourth-order valence-electron chi connectivity index (χ4n) is 1.69. The number of nitrogens with one attached hydrogen (secondary N) is 1. The molecule has 0 atom stereocenters. The number of aliphatic hydroxyl groups is 1. The van der Waals surface area contributed by atoms with E-state index in [1.165, 1.54) is 0 Å². The number of amides is 1. The van der Waals surface area contributed by atoms with Gasteiger partial charge in [0.05, 0.1) is 0 Å². The van der Waals surface area contributed by atoms with Crippen LogP contribution < -0.4 is 11.1 Å². The van der Waals surface area contributed by atoms with E-state index >= 15 is 0 Å². The van der Waals surface area contributed by atoms with Crippen LogP contribution in [0.3, 0.4) is 0 Å². The summed E-state index contributed by atoms with van der Waals surface area (Å²) in [6.45, 7) is 4.57. The predicted octanol–water partition coefficient (Wildman–Crippen LogP) is 0.393. The topological polar surface area (TPSA) is 75.4 Å². The first kappa shape index (κ1) is 12.5. The summed E-state index contributed by atoms with van der Waals surface area (Å²) in [4.78, 5) is 11.5. The SMILES string of the molecule is CC(C)(N)CC(=O)NCC1(CCO)CC1. The summed E-state index contributed by atoms with van der Waals surface area (Å²) in [5.41, 5.74) is 5.49. The molecule has 1 saturated carbocycles. The number of carbonyl (C=O) groups is 1. The molecule has 0 aromatic carbocycles. The van der Waals surface area contributed by atoms with E-state index in [1.807, 2.05) is 13.8 Å². The molecule has 0 aromatic rings. The van der Waals surface area contributed by atoms with Crippen molar-refractivity contribution in [3.8, 4) is 0 Å². The fraction of sp³-hybridized carbons (Fsp3) is 0.909. The Morgan fingerprint density at radius 3 is 2.53 bits per heavy atom. The molecule has 1 fully saturated rings. The maximum absolute atomic E-state index is 11.5. The number of hydrogen-bond donors (Lipinski definition) is 3. The minimum Gasteiger partial charge on any atom is -0.396 e. The molecule has 0 heterocycles. The molecule has 15 heavy (non-hydrogen) atoms. The first-order valence-electron chi connectivity index (χ1n) is 5.53. The molecule has 1 aliphatic carbocycles. The van der Waals surface area contributed by atoms with Gasteiger partial charge in [0.15, 0.2) is 0 Å². The lowest BCUT2D eigenvalue weighted by Gasteiger charge is -2.19. The maximum atomic E-state index is 11.5. The normalized spacial score (nSPS) is 18.7. The number of nitrogens with two attached hydrogens (primary N) is 1. The van der Waals surface area contributed by atoms with Crippen molar-refractivity contribution in [2.45, 2.75) is 45.1 Å². The maximum Gasteiger partial charge on any atom is 0.221 e. The standard InChI is InChI=1S/C11H22N2O2/c1-10(2,12)7-9(15)13-8-11(3-4-11)5-6-14/h14H,3-8,12H2,1-2H3,(H,13,15). The zero-order valence-electron chi connectivity index (χ0n) is 9.68.